The molecule has 0 N–H and O–H groups in total. The molecule has 1 aromatic carbocycles. The summed E-state index contributed by atoms with van der Waals surface area (Å²) in [6.07, 6.45) is 0. The maximum Gasteiger partial charge on any atom is 0.129 e. The maximum atomic E-state index is 5.65. The lowest BCUT2D eigenvalue weighted by Gasteiger charge is -2.13. The van der Waals surface area contributed by atoms with Gasteiger partial charge in [0.1, 0.15) is 5.75 Å². The first-order chi connectivity index (χ1) is 9.20. The largest absolute Gasteiger partial charge is 0.493 e. The topological polar surface area (TPSA) is 9.23 Å². The van der Waals surface area contributed by atoms with E-state index in [1.165, 1.54) is 16.4 Å². The van der Waals surface area contributed by atoms with E-state index in [2.05, 4.69) is 32.6 Å². The van der Waals surface area contributed by atoms with Gasteiger partial charge in [-0.15, -0.1) is 0 Å². The third-order valence-corrected chi connectivity index (χ3v) is 3.17. The van der Waals surface area contributed by atoms with Gasteiger partial charge >= 0.3 is 0 Å². The Morgan fingerprint density at radius 1 is 0.947 bits per heavy atom. The van der Waals surface area contributed by atoms with Crippen molar-refractivity contribution < 1.29 is 4.74 Å². The summed E-state index contributed by atoms with van der Waals surface area (Å²) in [4.78, 5) is 0. The normalized spacial score (nSPS) is 8.53. The molecule has 0 aromatic heterocycles. The monoisotopic (exact) mass is 286 g/mol. The van der Waals surface area contributed by atoms with E-state index in [1.807, 2.05) is 48.5 Å². The quantitative estimate of drug-likeness (QED) is 0.646. The highest BCUT2D eigenvalue weighted by molar-refractivity contribution is 7.46. The SMILES string of the molecule is CC.CC.CC.CCOc1c(PC)ccc(C)c1C. The molecule has 114 valence electrons. The predicted octanol–water partition coefficient (Wildman–Crippen LogP) is 5.71. The molecule has 0 aliphatic carbocycles. The molecule has 0 bridgehead atoms. The molecular formula is C17H35OP. The second-order valence-corrected chi connectivity index (χ2v) is 4.11. The molecule has 2 heteroatoms. The standard InChI is InChI=1S/C11H17OP.3C2H6/c1-5-12-11-9(3)8(2)6-7-10(11)13-4;3*1-2/h6-7,13H,5H2,1-4H3;3*1-2H3. The molecule has 1 atom stereocenters. The molecule has 0 amide bonds. The van der Waals surface area contributed by atoms with Crippen molar-refractivity contribution >= 4 is 13.9 Å². The lowest BCUT2D eigenvalue weighted by atomic mass is 10.1. The molecular weight excluding hydrogens is 251 g/mol. The van der Waals surface area contributed by atoms with Gasteiger partial charge in [-0.25, -0.2) is 0 Å². The summed E-state index contributed by atoms with van der Waals surface area (Å²) in [7, 11) is 0.806. The lowest BCUT2D eigenvalue weighted by molar-refractivity contribution is 0.340. The van der Waals surface area contributed by atoms with Gasteiger partial charge in [-0.1, -0.05) is 62.3 Å². The van der Waals surface area contributed by atoms with Gasteiger partial charge in [0.25, 0.3) is 0 Å². The number of hydrogen-bond donors (Lipinski definition) is 0. The number of rotatable bonds is 3. The summed E-state index contributed by atoms with van der Waals surface area (Å²) in [5.74, 6) is 1.10. The van der Waals surface area contributed by atoms with E-state index in [-0.39, 0.29) is 0 Å². The van der Waals surface area contributed by atoms with Crippen LogP contribution in [0.25, 0.3) is 0 Å². The van der Waals surface area contributed by atoms with Crippen LogP contribution in [-0.2, 0) is 0 Å². The zero-order valence-electron chi connectivity index (χ0n) is 14.8. The van der Waals surface area contributed by atoms with Crippen molar-refractivity contribution in [1.82, 2.24) is 0 Å². The van der Waals surface area contributed by atoms with Gasteiger partial charge in [0.05, 0.1) is 6.61 Å². The Morgan fingerprint density at radius 3 is 1.79 bits per heavy atom. The van der Waals surface area contributed by atoms with E-state index in [9.17, 15) is 0 Å². The minimum Gasteiger partial charge on any atom is -0.493 e. The second-order valence-electron chi connectivity index (χ2n) is 3.07. The fourth-order valence-electron chi connectivity index (χ4n) is 1.32. The van der Waals surface area contributed by atoms with Crippen LogP contribution in [0.1, 0.15) is 59.6 Å². The Labute approximate surface area is 123 Å². The first-order valence-electron chi connectivity index (χ1n) is 7.61. The van der Waals surface area contributed by atoms with Crippen LogP contribution in [0.5, 0.6) is 5.75 Å². The summed E-state index contributed by atoms with van der Waals surface area (Å²) >= 11 is 0. The van der Waals surface area contributed by atoms with E-state index >= 15 is 0 Å². The average molecular weight is 286 g/mol. The van der Waals surface area contributed by atoms with Gasteiger partial charge in [0.2, 0.25) is 0 Å². The van der Waals surface area contributed by atoms with Gasteiger partial charge in [0.15, 0.2) is 0 Å². The predicted molar refractivity (Wildman–Crippen MR) is 95.0 cm³/mol. The molecule has 1 unspecified atom stereocenters. The Kier molecular flexibility index (Phi) is 21.6. The zero-order chi connectivity index (χ0) is 15.8. The second kappa shape index (κ2) is 17.4. The van der Waals surface area contributed by atoms with E-state index in [1.54, 1.807) is 0 Å². The van der Waals surface area contributed by atoms with Crippen molar-refractivity contribution in [2.75, 3.05) is 13.3 Å². The molecule has 0 fully saturated rings. The van der Waals surface area contributed by atoms with Crippen LogP contribution in [0, 0.1) is 13.8 Å². The first kappa shape index (κ1) is 23.5. The van der Waals surface area contributed by atoms with Crippen LogP contribution >= 0.6 is 8.58 Å². The summed E-state index contributed by atoms with van der Waals surface area (Å²) in [6.45, 7) is 21.2. The van der Waals surface area contributed by atoms with Crippen LogP contribution in [0.3, 0.4) is 0 Å². The van der Waals surface area contributed by atoms with Crippen LogP contribution in [0.2, 0.25) is 0 Å². The zero-order valence-corrected chi connectivity index (χ0v) is 15.8. The molecule has 0 aliphatic rings. The fraction of sp³-hybridized carbons (Fsp3) is 0.647. The molecule has 0 radical (unpaired) electrons. The third-order valence-electron chi connectivity index (χ3n) is 2.23. The number of aryl methyl sites for hydroxylation is 1. The Balaban J connectivity index is -0.000000375. The van der Waals surface area contributed by atoms with E-state index in [4.69, 9.17) is 4.74 Å². The van der Waals surface area contributed by atoms with E-state index < -0.39 is 0 Å². The molecule has 1 aromatic rings. The van der Waals surface area contributed by atoms with E-state index in [0.717, 1.165) is 20.9 Å². The van der Waals surface area contributed by atoms with Crippen molar-refractivity contribution in [1.29, 1.82) is 0 Å². The van der Waals surface area contributed by atoms with Gasteiger partial charge in [-0.3, -0.25) is 0 Å². The van der Waals surface area contributed by atoms with Gasteiger partial charge in [-0.2, -0.15) is 0 Å². The van der Waals surface area contributed by atoms with Crippen molar-refractivity contribution in [2.24, 2.45) is 0 Å². The molecule has 0 saturated carbocycles. The van der Waals surface area contributed by atoms with Crippen molar-refractivity contribution in [3.63, 3.8) is 0 Å². The molecule has 0 aliphatic heterocycles. The van der Waals surface area contributed by atoms with Crippen LogP contribution < -0.4 is 10.0 Å². The highest BCUT2D eigenvalue weighted by atomic mass is 31.1. The lowest BCUT2D eigenvalue weighted by Crippen LogP contribution is -2.06. The number of benzene rings is 1. The average Bonchev–Trinajstić information content (AvgIpc) is 2.50. The number of ether oxygens (including phenoxy) is 1. The third kappa shape index (κ3) is 9.05. The highest BCUT2D eigenvalue weighted by Gasteiger charge is 2.06. The molecule has 1 nitrogen and oxygen atoms in total. The Hall–Kier alpha value is -0.550. The van der Waals surface area contributed by atoms with Gasteiger partial charge < -0.3 is 4.74 Å². The summed E-state index contributed by atoms with van der Waals surface area (Å²) < 4.78 is 5.65. The molecule has 0 saturated heterocycles. The van der Waals surface area contributed by atoms with E-state index in [0.29, 0.717) is 0 Å². The fourth-order valence-corrected chi connectivity index (χ4v) is 2.05. The van der Waals surface area contributed by atoms with Crippen LogP contribution in [-0.4, -0.2) is 13.3 Å². The van der Waals surface area contributed by atoms with Gasteiger partial charge in [-0.05, 0) is 38.6 Å². The minimum atomic E-state index is 0.752. The Morgan fingerprint density at radius 2 is 1.42 bits per heavy atom. The minimum absolute atomic E-state index is 0.752. The van der Waals surface area contributed by atoms with Crippen molar-refractivity contribution in [3.05, 3.63) is 23.3 Å². The smallest absolute Gasteiger partial charge is 0.129 e. The van der Waals surface area contributed by atoms with Crippen molar-refractivity contribution in [3.8, 4) is 5.75 Å². The molecule has 0 spiro atoms. The summed E-state index contributed by atoms with van der Waals surface area (Å²) in [5, 5.41) is 1.34. The molecule has 19 heavy (non-hydrogen) atoms. The summed E-state index contributed by atoms with van der Waals surface area (Å²) in [5.41, 5.74) is 2.60. The molecule has 1 rings (SSSR count). The van der Waals surface area contributed by atoms with Crippen LogP contribution in [0.4, 0.5) is 0 Å². The van der Waals surface area contributed by atoms with Crippen molar-refractivity contribution in [2.45, 2.75) is 62.3 Å². The summed E-state index contributed by atoms with van der Waals surface area (Å²) in [6, 6.07) is 4.34. The first-order valence-corrected chi connectivity index (χ1v) is 9.11. The Bertz CT molecular complexity index is 296. The number of hydrogen-bond acceptors (Lipinski definition) is 1. The maximum absolute atomic E-state index is 5.65. The van der Waals surface area contributed by atoms with Crippen LogP contribution in [0.15, 0.2) is 12.1 Å². The van der Waals surface area contributed by atoms with Gasteiger partial charge in [0, 0.05) is 5.30 Å². The molecule has 0 heterocycles. The highest BCUT2D eigenvalue weighted by Crippen LogP contribution is 2.23.